The Balaban J connectivity index is 3.46. The second kappa shape index (κ2) is 3.02. The molecule has 0 atom stereocenters. The van der Waals surface area contributed by atoms with Crippen LogP contribution in [0, 0.1) is 10.1 Å². The first kappa shape index (κ1) is 5.81. The van der Waals surface area contributed by atoms with Crippen LogP contribution in [-0.2, 0) is 4.79 Å². The van der Waals surface area contributed by atoms with Gasteiger partial charge in [-0.05, 0) is 0 Å². The van der Waals surface area contributed by atoms with Gasteiger partial charge in [-0.25, -0.2) is 0 Å². The quantitative estimate of drug-likeness (QED) is 0.276. The van der Waals surface area contributed by atoms with Crippen molar-refractivity contribution in [1.82, 2.24) is 0 Å². The van der Waals surface area contributed by atoms with Gasteiger partial charge in [0.2, 0.25) is 12.5 Å². The molecule has 0 spiro atoms. The predicted octanol–water partition coefficient (Wildman–Crippen LogP) is -0.114. The van der Waals surface area contributed by atoms with Gasteiger partial charge in [0.05, 0.1) is 11.0 Å². The van der Waals surface area contributed by atoms with Crippen molar-refractivity contribution in [3.05, 3.63) is 22.4 Å². The van der Waals surface area contributed by atoms with E-state index < -0.39 is 4.92 Å². The standard InChI is InChI=1S/C3H2NO3/c5-3-1-2-4(6)7/h1-2H. The van der Waals surface area contributed by atoms with Gasteiger partial charge in [-0.1, -0.05) is 0 Å². The second-order valence-corrected chi connectivity index (χ2v) is 0.719. The van der Waals surface area contributed by atoms with E-state index in [0.29, 0.717) is 12.3 Å². The number of hydrogen-bond donors (Lipinski definition) is 0. The molecule has 0 aliphatic rings. The van der Waals surface area contributed by atoms with Crippen molar-refractivity contribution in [2.24, 2.45) is 0 Å². The summed E-state index contributed by atoms with van der Waals surface area (Å²) in [4.78, 5) is 17.8. The number of allylic oxidation sites excluding steroid dienone is 1. The molecule has 0 saturated heterocycles. The van der Waals surface area contributed by atoms with Gasteiger partial charge in [-0.2, -0.15) is 0 Å². The van der Waals surface area contributed by atoms with Crippen LogP contribution in [-0.4, -0.2) is 11.2 Å². The summed E-state index contributed by atoms with van der Waals surface area (Å²) in [5, 5.41) is 9.30. The number of hydrogen-bond acceptors (Lipinski definition) is 3. The molecular formula is C3H2NO3. The van der Waals surface area contributed by atoms with Crippen molar-refractivity contribution in [2.75, 3.05) is 0 Å². The molecule has 0 saturated carbocycles. The number of nitro groups is 1. The average Bonchev–Trinajstić information content (AvgIpc) is 1.61. The summed E-state index contributed by atoms with van der Waals surface area (Å²) in [6.07, 6.45) is 2.44. The molecule has 37 valence electrons. The third kappa shape index (κ3) is 4.81. The molecule has 0 rings (SSSR count). The van der Waals surface area contributed by atoms with E-state index in [2.05, 4.69) is 0 Å². The van der Waals surface area contributed by atoms with E-state index in [0.717, 1.165) is 0 Å². The molecule has 0 amide bonds. The van der Waals surface area contributed by atoms with E-state index in [-0.39, 0.29) is 0 Å². The minimum atomic E-state index is -0.731. The van der Waals surface area contributed by atoms with Crippen LogP contribution in [0.2, 0.25) is 0 Å². The van der Waals surface area contributed by atoms with Crippen LogP contribution < -0.4 is 0 Å². The number of nitrogens with zero attached hydrogens (tertiary/aromatic N) is 1. The van der Waals surface area contributed by atoms with E-state index in [9.17, 15) is 14.9 Å². The van der Waals surface area contributed by atoms with Crippen LogP contribution in [0.3, 0.4) is 0 Å². The lowest BCUT2D eigenvalue weighted by Crippen LogP contribution is -1.81. The van der Waals surface area contributed by atoms with E-state index in [1.54, 1.807) is 0 Å². The smallest absolute Gasteiger partial charge is 0.238 e. The van der Waals surface area contributed by atoms with Crippen LogP contribution in [0.25, 0.3) is 0 Å². The van der Waals surface area contributed by atoms with Crippen molar-refractivity contribution >= 4 is 6.29 Å². The summed E-state index contributed by atoms with van der Waals surface area (Å²) in [5.41, 5.74) is 0. The highest BCUT2D eigenvalue weighted by Crippen LogP contribution is 1.66. The first-order valence-electron chi connectivity index (χ1n) is 1.45. The molecule has 4 heteroatoms. The summed E-state index contributed by atoms with van der Waals surface area (Å²) < 4.78 is 0. The van der Waals surface area contributed by atoms with Gasteiger partial charge < -0.3 is 0 Å². The highest BCUT2D eigenvalue weighted by atomic mass is 16.6. The van der Waals surface area contributed by atoms with Gasteiger partial charge in [0, 0.05) is 0 Å². The molecule has 0 fully saturated rings. The van der Waals surface area contributed by atoms with E-state index in [1.165, 1.54) is 6.29 Å². The van der Waals surface area contributed by atoms with E-state index >= 15 is 0 Å². The van der Waals surface area contributed by atoms with Gasteiger partial charge in [-0.15, -0.1) is 0 Å². The molecule has 1 radical (unpaired) electrons. The molecule has 0 unspecified atom stereocenters. The Morgan fingerprint density at radius 2 is 2.29 bits per heavy atom. The largest absolute Gasteiger partial charge is 0.285 e. The lowest BCUT2D eigenvalue weighted by molar-refractivity contribution is -0.402. The van der Waals surface area contributed by atoms with Crippen LogP contribution >= 0.6 is 0 Å². The maximum absolute atomic E-state index is 9.30. The zero-order chi connectivity index (χ0) is 5.70. The first-order valence-corrected chi connectivity index (χ1v) is 1.45. The molecule has 0 heterocycles. The van der Waals surface area contributed by atoms with Gasteiger partial charge in [0.25, 0.3) is 0 Å². The third-order valence-corrected chi connectivity index (χ3v) is 0.264. The molecular weight excluding hydrogens is 98.0 g/mol. The molecule has 4 nitrogen and oxygen atoms in total. The molecule has 0 aromatic heterocycles. The van der Waals surface area contributed by atoms with Gasteiger partial charge in [0.1, 0.15) is 0 Å². The first-order chi connectivity index (χ1) is 3.27. The van der Waals surface area contributed by atoms with E-state index in [4.69, 9.17) is 0 Å². The minimum Gasteiger partial charge on any atom is -0.285 e. The maximum Gasteiger partial charge on any atom is 0.238 e. The van der Waals surface area contributed by atoms with Crippen LogP contribution in [0.5, 0.6) is 0 Å². The fourth-order valence-electron chi connectivity index (χ4n) is 0.0913. The second-order valence-electron chi connectivity index (χ2n) is 0.719. The van der Waals surface area contributed by atoms with Crippen molar-refractivity contribution in [1.29, 1.82) is 0 Å². The Hall–Kier alpha value is -1.19. The summed E-state index contributed by atoms with van der Waals surface area (Å²) in [6, 6.07) is 0. The van der Waals surface area contributed by atoms with Crippen LogP contribution in [0.1, 0.15) is 0 Å². The summed E-state index contributed by atoms with van der Waals surface area (Å²) >= 11 is 0. The normalized spacial score (nSPS) is 9.14. The van der Waals surface area contributed by atoms with Crippen LogP contribution in [0.4, 0.5) is 0 Å². The van der Waals surface area contributed by atoms with Gasteiger partial charge >= 0.3 is 0 Å². The summed E-state index contributed by atoms with van der Waals surface area (Å²) in [5.74, 6) is 0. The highest BCUT2D eigenvalue weighted by Gasteiger charge is 1.78. The van der Waals surface area contributed by atoms with Crippen molar-refractivity contribution in [3.63, 3.8) is 0 Å². The van der Waals surface area contributed by atoms with Crippen LogP contribution in [0.15, 0.2) is 12.3 Å². The Kier molecular flexibility index (Phi) is 2.50. The van der Waals surface area contributed by atoms with E-state index in [1.807, 2.05) is 0 Å². The molecule has 7 heavy (non-hydrogen) atoms. The average molecular weight is 100 g/mol. The summed E-state index contributed by atoms with van der Waals surface area (Å²) in [6.45, 7) is 0. The van der Waals surface area contributed by atoms with Gasteiger partial charge in [-0.3, -0.25) is 14.9 Å². The fraction of sp³-hybridized carbons (Fsp3) is 0. The topological polar surface area (TPSA) is 60.2 Å². The monoisotopic (exact) mass is 100 g/mol. The predicted molar refractivity (Wildman–Crippen MR) is 21.8 cm³/mol. The van der Waals surface area contributed by atoms with Gasteiger partial charge in [0.15, 0.2) is 0 Å². The minimum absolute atomic E-state index is 0.521. The SMILES string of the molecule is O=[C]C=C[N+](=O)[O-]. The zero-order valence-corrected chi connectivity index (χ0v) is 3.33. The molecule has 0 bridgehead atoms. The van der Waals surface area contributed by atoms with Crippen molar-refractivity contribution in [2.45, 2.75) is 0 Å². The Labute approximate surface area is 39.6 Å². The fourth-order valence-corrected chi connectivity index (χ4v) is 0.0913. The Morgan fingerprint density at radius 3 is 2.43 bits per heavy atom. The van der Waals surface area contributed by atoms with Crippen molar-refractivity contribution in [3.8, 4) is 0 Å². The molecule has 0 N–H and O–H groups in total. The molecule has 0 aliphatic heterocycles. The zero-order valence-electron chi connectivity index (χ0n) is 3.33. The molecule has 0 aromatic rings. The number of carbonyl (C=O) groups excluding carboxylic acids is 1. The Morgan fingerprint density at radius 1 is 1.71 bits per heavy atom. The highest BCUT2D eigenvalue weighted by molar-refractivity contribution is 5.64. The third-order valence-electron chi connectivity index (χ3n) is 0.264. The lowest BCUT2D eigenvalue weighted by atomic mass is 10.7. The Bertz CT molecular complexity index is 107. The lowest BCUT2D eigenvalue weighted by Gasteiger charge is -1.68. The number of rotatable bonds is 2. The summed E-state index contributed by atoms with van der Waals surface area (Å²) in [7, 11) is 0. The molecule has 0 aliphatic carbocycles. The van der Waals surface area contributed by atoms with Crippen molar-refractivity contribution < 1.29 is 9.72 Å². The maximum atomic E-state index is 9.30. The molecule has 0 aromatic carbocycles.